The van der Waals surface area contributed by atoms with E-state index in [1.165, 1.54) is 10.8 Å². The second-order valence-electron chi connectivity index (χ2n) is 15.6. The van der Waals surface area contributed by atoms with E-state index in [0.29, 0.717) is 23.0 Å². The standard InChI is InChI=1S/C57H35N5S/c1-3-17-36(18-4-1)41-27-16-32-52-53(41)46-34-40(62-50-30-13-9-25-44(50)45-26-10-14-31-51(45)62)35-47(54(46)63-52)57-59-55(37-19-5-2-6-20-37)58-56(60-57)38-21-15-22-39(33-38)61-48-28-11-7-23-42(48)43-24-8-12-29-49(43)61/h1-35H/i1D,3D,4D,17D,18D. The zero-order valence-electron chi connectivity index (χ0n) is 38.5. The molecule has 0 spiro atoms. The first-order chi connectivity index (χ1) is 33.3. The summed E-state index contributed by atoms with van der Waals surface area (Å²) >= 11 is 1.57. The molecule has 0 amide bonds. The van der Waals surface area contributed by atoms with Crippen LogP contribution in [0.2, 0.25) is 0 Å². The fraction of sp³-hybridized carbons (Fsp3) is 0. The van der Waals surface area contributed by atoms with Crippen LogP contribution in [0.15, 0.2) is 212 Å². The van der Waals surface area contributed by atoms with Gasteiger partial charge in [0.05, 0.1) is 28.9 Å². The van der Waals surface area contributed by atoms with E-state index in [-0.39, 0.29) is 29.7 Å². The van der Waals surface area contributed by atoms with E-state index in [1.807, 2.05) is 72.8 Å². The van der Waals surface area contributed by atoms with Gasteiger partial charge < -0.3 is 9.13 Å². The van der Waals surface area contributed by atoms with Gasteiger partial charge in [-0.1, -0.05) is 158 Å². The molecule has 4 heterocycles. The Morgan fingerprint density at radius 2 is 0.905 bits per heavy atom. The predicted molar refractivity (Wildman–Crippen MR) is 263 cm³/mol. The Balaban J connectivity index is 1.12. The van der Waals surface area contributed by atoms with Crippen LogP contribution in [0.25, 0.3) is 120 Å². The van der Waals surface area contributed by atoms with Gasteiger partial charge >= 0.3 is 0 Å². The molecule has 4 aromatic heterocycles. The average Bonchev–Trinajstić information content (AvgIpc) is 4.06. The third-order valence-corrected chi connectivity index (χ3v) is 13.2. The first kappa shape index (κ1) is 30.8. The van der Waals surface area contributed by atoms with E-state index in [2.05, 4.69) is 118 Å². The highest BCUT2D eigenvalue weighted by atomic mass is 32.1. The van der Waals surface area contributed by atoms with Gasteiger partial charge in [-0.3, -0.25) is 0 Å². The zero-order chi connectivity index (χ0) is 45.8. The highest BCUT2D eigenvalue weighted by Crippen LogP contribution is 2.46. The molecule has 0 aliphatic carbocycles. The third kappa shape index (κ3) is 5.66. The second-order valence-corrected chi connectivity index (χ2v) is 16.7. The minimum Gasteiger partial charge on any atom is -0.309 e. The molecule has 0 N–H and O–H groups in total. The Kier molecular flexibility index (Phi) is 6.94. The molecular formula is C57H35N5S. The van der Waals surface area contributed by atoms with Crippen LogP contribution < -0.4 is 0 Å². The van der Waals surface area contributed by atoms with Gasteiger partial charge in [0, 0.05) is 69.8 Å². The summed E-state index contributed by atoms with van der Waals surface area (Å²) in [5.74, 6) is 1.50. The van der Waals surface area contributed by atoms with Crippen molar-refractivity contribution in [3.8, 4) is 56.7 Å². The van der Waals surface area contributed by atoms with Gasteiger partial charge in [-0.2, -0.15) is 0 Å². The van der Waals surface area contributed by atoms with Gasteiger partial charge in [-0.15, -0.1) is 11.3 Å². The molecule has 0 unspecified atom stereocenters. The summed E-state index contributed by atoms with van der Waals surface area (Å²) in [6.45, 7) is 0. The van der Waals surface area contributed by atoms with E-state index in [9.17, 15) is 0 Å². The van der Waals surface area contributed by atoms with Crippen LogP contribution >= 0.6 is 11.3 Å². The van der Waals surface area contributed by atoms with Crippen LogP contribution in [0.4, 0.5) is 0 Å². The van der Waals surface area contributed by atoms with E-state index in [0.717, 1.165) is 81.1 Å². The van der Waals surface area contributed by atoms with Crippen molar-refractivity contribution in [3.05, 3.63) is 212 Å². The Morgan fingerprint density at radius 1 is 0.381 bits per heavy atom. The summed E-state index contributed by atoms with van der Waals surface area (Å²) in [5.41, 5.74) is 9.22. The third-order valence-electron chi connectivity index (χ3n) is 12.0. The van der Waals surface area contributed by atoms with E-state index in [1.54, 1.807) is 11.3 Å². The molecular weight excluding hydrogens is 787 g/mol. The number of aromatic nitrogens is 5. The summed E-state index contributed by atoms with van der Waals surface area (Å²) in [7, 11) is 0. The molecule has 294 valence electrons. The van der Waals surface area contributed by atoms with Crippen LogP contribution in [-0.4, -0.2) is 24.1 Å². The summed E-state index contributed by atoms with van der Waals surface area (Å²) in [4.78, 5) is 15.9. The lowest BCUT2D eigenvalue weighted by molar-refractivity contribution is 1.07. The maximum Gasteiger partial charge on any atom is 0.165 e. The van der Waals surface area contributed by atoms with E-state index >= 15 is 0 Å². The van der Waals surface area contributed by atoms with E-state index < -0.39 is 6.04 Å². The van der Waals surface area contributed by atoms with Crippen LogP contribution in [0, 0.1) is 0 Å². The first-order valence-corrected chi connectivity index (χ1v) is 21.6. The topological polar surface area (TPSA) is 48.5 Å². The fourth-order valence-electron chi connectivity index (χ4n) is 9.33. The highest BCUT2D eigenvalue weighted by Gasteiger charge is 2.22. The minimum atomic E-state index is -0.428. The average molecular weight is 827 g/mol. The van der Waals surface area contributed by atoms with Crippen LogP contribution in [0.3, 0.4) is 0 Å². The lowest BCUT2D eigenvalue weighted by Crippen LogP contribution is -2.02. The largest absolute Gasteiger partial charge is 0.309 e. The number of benzene rings is 9. The molecule has 0 radical (unpaired) electrons. The molecule has 0 bridgehead atoms. The number of rotatable bonds is 6. The quantitative estimate of drug-likeness (QED) is 0.168. The molecule has 13 rings (SSSR count). The molecule has 13 aromatic rings. The smallest absolute Gasteiger partial charge is 0.165 e. The SMILES string of the molecule is [2H]c1c([2H])c([2H])c(-c2cccc3sc4c(-c5nc(-c6ccccc6)nc(-c6cccc(-n7c8ccccc8c8ccccc87)c6)n5)cc(-n5c6ccccc6c6ccccc65)cc4c23)c([2H])c1[2H]. The Bertz CT molecular complexity index is 4100. The van der Waals surface area contributed by atoms with Crippen LogP contribution in [0.5, 0.6) is 0 Å². The molecule has 0 fully saturated rings. The van der Waals surface area contributed by atoms with Gasteiger partial charge in [0.2, 0.25) is 0 Å². The van der Waals surface area contributed by atoms with Crippen LogP contribution in [-0.2, 0) is 0 Å². The molecule has 9 aromatic carbocycles. The Morgan fingerprint density at radius 3 is 1.54 bits per heavy atom. The first-order valence-electron chi connectivity index (χ1n) is 23.3. The Hall–Kier alpha value is -8.19. The van der Waals surface area contributed by atoms with Crippen molar-refractivity contribution in [2.24, 2.45) is 0 Å². The van der Waals surface area contributed by atoms with Gasteiger partial charge in [0.25, 0.3) is 0 Å². The number of nitrogens with zero attached hydrogens (tertiary/aromatic N) is 5. The van der Waals surface area contributed by atoms with Crippen molar-refractivity contribution < 1.29 is 6.85 Å². The van der Waals surface area contributed by atoms with Crippen molar-refractivity contribution in [1.82, 2.24) is 24.1 Å². The molecule has 63 heavy (non-hydrogen) atoms. The normalized spacial score (nSPS) is 12.9. The van der Waals surface area contributed by atoms with Crippen molar-refractivity contribution in [2.75, 3.05) is 0 Å². The summed E-state index contributed by atoms with van der Waals surface area (Å²) in [6.07, 6.45) is 0. The minimum absolute atomic E-state index is 0.155. The Labute approximate surface area is 373 Å². The molecule has 0 aliphatic heterocycles. The molecule has 0 saturated heterocycles. The molecule has 0 saturated carbocycles. The van der Waals surface area contributed by atoms with Gasteiger partial charge in [0.15, 0.2) is 17.5 Å². The van der Waals surface area contributed by atoms with E-state index in [4.69, 9.17) is 21.8 Å². The molecule has 5 nitrogen and oxygen atoms in total. The number of fused-ring (bicyclic) bond motifs is 9. The van der Waals surface area contributed by atoms with Gasteiger partial charge in [-0.25, -0.2) is 15.0 Å². The zero-order valence-corrected chi connectivity index (χ0v) is 34.3. The van der Waals surface area contributed by atoms with Gasteiger partial charge in [0.1, 0.15) is 0 Å². The summed E-state index contributed by atoms with van der Waals surface area (Å²) < 4.78 is 50.1. The van der Waals surface area contributed by atoms with Crippen molar-refractivity contribution in [2.45, 2.75) is 0 Å². The van der Waals surface area contributed by atoms with Crippen LogP contribution in [0.1, 0.15) is 6.85 Å². The summed E-state index contributed by atoms with van der Waals surface area (Å²) in [6, 6.07) is 60.4. The lowest BCUT2D eigenvalue weighted by Gasteiger charge is -2.14. The summed E-state index contributed by atoms with van der Waals surface area (Å²) in [5, 5.41) is 6.19. The number of hydrogen-bond donors (Lipinski definition) is 0. The number of para-hydroxylation sites is 4. The number of hydrogen-bond acceptors (Lipinski definition) is 4. The maximum atomic E-state index is 9.07. The monoisotopic (exact) mass is 826 g/mol. The number of thiophene rings is 1. The van der Waals surface area contributed by atoms with Gasteiger partial charge in [-0.05, 0) is 65.7 Å². The molecule has 0 atom stereocenters. The highest BCUT2D eigenvalue weighted by molar-refractivity contribution is 7.26. The maximum absolute atomic E-state index is 9.07. The predicted octanol–water partition coefficient (Wildman–Crippen LogP) is 15.1. The van der Waals surface area contributed by atoms with Crippen molar-refractivity contribution in [3.63, 3.8) is 0 Å². The fourth-order valence-corrected chi connectivity index (χ4v) is 10.5. The van der Waals surface area contributed by atoms with Crippen molar-refractivity contribution in [1.29, 1.82) is 0 Å². The second kappa shape index (κ2) is 14.2. The lowest BCUT2D eigenvalue weighted by atomic mass is 9.98. The molecule has 0 aliphatic rings. The molecule has 6 heteroatoms. The van der Waals surface area contributed by atoms with Crippen molar-refractivity contribution >= 4 is 75.1 Å².